The lowest BCUT2D eigenvalue weighted by molar-refractivity contribution is -0.000511. The van der Waals surface area contributed by atoms with E-state index in [0.29, 0.717) is 57.6 Å². The smallest absolute Gasteiger partial charge is 0.261 e. The fourth-order valence-electron chi connectivity index (χ4n) is 6.88. The molecule has 10 nitrogen and oxygen atoms in total. The van der Waals surface area contributed by atoms with Crippen LogP contribution < -0.4 is 20.4 Å². The fraction of sp³-hybridized carbons (Fsp3) is 0.308. The van der Waals surface area contributed by atoms with Crippen molar-refractivity contribution in [1.29, 1.82) is 0 Å². The molecule has 3 aliphatic heterocycles. The number of rotatable bonds is 9. The zero-order valence-electron chi connectivity index (χ0n) is 28.3. The van der Waals surface area contributed by atoms with Crippen LogP contribution in [0.5, 0.6) is 0 Å². The highest BCUT2D eigenvalue weighted by Gasteiger charge is 2.45. The Balaban J connectivity index is 1.07. The van der Waals surface area contributed by atoms with Crippen LogP contribution in [0.3, 0.4) is 0 Å². The maximum atomic E-state index is 14.2. The Hall–Kier alpha value is -5.13. The Morgan fingerprint density at radius 2 is 1.80 bits per heavy atom. The molecule has 50 heavy (non-hydrogen) atoms. The molecule has 2 aromatic heterocycles. The number of anilines is 3. The topological polar surface area (TPSA) is 116 Å². The first-order valence-electron chi connectivity index (χ1n) is 17.0. The van der Waals surface area contributed by atoms with Crippen molar-refractivity contribution in [1.82, 2.24) is 10.3 Å². The minimum absolute atomic E-state index is 0.147. The average molecular weight is 689 g/mol. The monoisotopic (exact) mass is 688 g/mol. The normalized spacial score (nSPS) is 17.7. The van der Waals surface area contributed by atoms with Crippen molar-refractivity contribution in [2.75, 3.05) is 48.0 Å². The van der Waals surface area contributed by atoms with Crippen LogP contribution in [0.15, 0.2) is 90.6 Å². The lowest BCUT2D eigenvalue weighted by Crippen LogP contribution is -2.59. The van der Waals surface area contributed by atoms with Crippen LogP contribution in [0.25, 0.3) is 0 Å². The summed E-state index contributed by atoms with van der Waals surface area (Å²) in [5.74, 6) is 0.108. The summed E-state index contributed by atoms with van der Waals surface area (Å²) in [6.45, 7) is 11.4. The number of nitrogens with zero attached hydrogens (tertiary/aromatic N) is 4. The van der Waals surface area contributed by atoms with Gasteiger partial charge < -0.3 is 20.3 Å². The molecular formula is C39H40N6O4S. The number of amides is 3. The first-order valence-corrected chi connectivity index (χ1v) is 17.8. The summed E-state index contributed by atoms with van der Waals surface area (Å²) in [4.78, 5) is 55.4. The Morgan fingerprint density at radius 3 is 2.56 bits per heavy atom. The molecule has 256 valence electrons. The van der Waals surface area contributed by atoms with Crippen LogP contribution >= 0.6 is 11.3 Å². The van der Waals surface area contributed by atoms with Gasteiger partial charge in [-0.3, -0.25) is 19.3 Å². The van der Waals surface area contributed by atoms with E-state index in [1.807, 2.05) is 50.2 Å². The zero-order chi connectivity index (χ0) is 34.8. The Bertz CT molecular complexity index is 1970. The maximum absolute atomic E-state index is 14.2. The lowest BCUT2D eigenvalue weighted by atomic mass is 9.73. The molecule has 2 saturated heterocycles. The third-order valence-corrected chi connectivity index (χ3v) is 10.8. The number of hydrogen-bond acceptors (Lipinski definition) is 8. The van der Waals surface area contributed by atoms with Crippen molar-refractivity contribution < 1.29 is 19.1 Å². The SMILES string of the molecule is C=CCCNC(=O)c1ccc(C2=Nc3ccccc3N(C(=O)c3ccc(NC(=O)c4cc(C)cnc4N4CC5(CCOCC5)C4)cc3)[C@@H]2C)s1. The van der Waals surface area contributed by atoms with Crippen molar-refractivity contribution in [3.8, 4) is 0 Å². The van der Waals surface area contributed by atoms with E-state index in [-0.39, 0.29) is 23.1 Å². The molecule has 0 saturated carbocycles. The van der Waals surface area contributed by atoms with Crippen LogP contribution in [-0.4, -0.2) is 67.3 Å². The minimum atomic E-state index is -0.402. The number of carbonyl (C=O) groups is 3. The highest BCUT2D eigenvalue weighted by Crippen LogP contribution is 2.43. The number of nitrogens with one attached hydrogen (secondary N) is 2. The van der Waals surface area contributed by atoms with Gasteiger partial charge in [0.15, 0.2) is 0 Å². The number of benzene rings is 2. The maximum Gasteiger partial charge on any atom is 0.261 e. The fourth-order valence-corrected chi connectivity index (χ4v) is 7.88. The predicted molar refractivity (Wildman–Crippen MR) is 198 cm³/mol. The van der Waals surface area contributed by atoms with E-state index in [1.54, 1.807) is 47.5 Å². The highest BCUT2D eigenvalue weighted by molar-refractivity contribution is 7.16. The Labute approximate surface area is 295 Å². The van der Waals surface area contributed by atoms with Crippen molar-refractivity contribution in [3.63, 3.8) is 0 Å². The van der Waals surface area contributed by atoms with E-state index in [0.717, 1.165) is 49.6 Å². The van der Waals surface area contributed by atoms with E-state index in [1.165, 1.54) is 11.3 Å². The molecule has 0 radical (unpaired) electrons. The van der Waals surface area contributed by atoms with Gasteiger partial charge in [-0.2, -0.15) is 0 Å². The zero-order valence-corrected chi connectivity index (χ0v) is 29.1. The highest BCUT2D eigenvalue weighted by atomic mass is 32.1. The van der Waals surface area contributed by atoms with Gasteiger partial charge >= 0.3 is 0 Å². The van der Waals surface area contributed by atoms with Crippen LogP contribution in [0, 0.1) is 12.3 Å². The number of aromatic nitrogens is 1. The van der Waals surface area contributed by atoms with Crippen LogP contribution in [0.2, 0.25) is 0 Å². The summed E-state index contributed by atoms with van der Waals surface area (Å²) in [5, 5.41) is 5.92. The van der Waals surface area contributed by atoms with Crippen LogP contribution in [0.1, 0.15) is 67.0 Å². The first kappa shape index (κ1) is 33.4. The number of para-hydroxylation sites is 2. The Kier molecular flexibility index (Phi) is 9.35. The number of carbonyl (C=O) groups excluding carboxylic acids is 3. The summed E-state index contributed by atoms with van der Waals surface area (Å²) in [5.41, 5.74) is 4.83. The molecule has 7 rings (SSSR count). The largest absolute Gasteiger partial charge is 0.381 e. The van der Waals surface area contributed by atoms with Crippen LogP contribution in [0.4, 0.5) is 22.9 Å². The molecule has 0 bridgehead atoms. The predicted octanol–water partition coefficient (Wildman–Crippen LogP) is 6.80. The standard InChI is InChI=1S/C39H40N6O4S/c1-4-5-18-40-37(47)33-15-14-32(50-33)34-26(3)45(31-9-7-6-8-30(31)43-34)38(48)27-10-12-28(13-11-27)42-36(46)29-21-25(2)22-41-35(29)44-23-39(24-44)16-19-49-20-17-39/h4,6-15,21-22,26H,1,5,16-20,23-24H2,2-3H3,(H,40,47)(H,42,46)/t26-/m1/s1. The quantitative estimate of drug-likeness (QED) is 0.148. The van der Waals surface area contributed by atoms with Crippen molar-refractivity contribution in [2.24, 2.45) is 10.4 Å². The number of thiophene rings is 1. The lowest BCUT2D eigenvalue weighted by Gasteiger charge is -2.53. The van der Waals surface area contributed by atoms with Gasteiger partial charge in [0.2, 0.25) is 0 Å². The molecule has 3 aliphatic rings. The second-order valence-electron chi connectivity index (χ2n) is 13.2. The first-order chi connectivity index (χ1) is 24.2. The molecular weight excluding hydrogens is 649 g/mol. The number of hydrogen-bond donors (Lipinski definition) is 2. The molecule has 1 spiro atoms. The molecule has 0 unspecified atom stereocenters. The van der Waals surface area contributed by atoms with Crippen molar-refractivity contribution >= 4 is 57.7 Å². The molecule has 3 amide bonds. The average Bonchev–Trinajstić information content (AvgIpc) is 3.61. The van der Waals surface area contributed by atoms with Gasteiger partial charge in [0, 0.05) is 55.7 Å². The van der Waals surface area contributed by atoms with Crippen LogP contribution in [-0.2, 0) is 4.74 Å². The van der Waals surface area contributed by atoms with E-state index in [4.69, 9.17) is 9.73 Å². The van der Waals surface area contributed by atoms with Crippen molar-refractivity contribution in [3.05, 3.63) is 112 Å². The van der Waals surface area contributed by atoms with E-state index < -0.39 is 6.04 Å². The third-order valence-electron chi connectivity index (χ3n) is 9.64. The van der Waals surface area contributed by atoms with E-state index in [9.17, 15) is 14.4 Å². The van der Waals surface area contributed by atoms with Gasteiger partial charge in [-0.25, -0.2) is 9.98 Å². The van der Waals surface area contributed by atoms with Gasteiger partial charge in [0.05, 0.1) is 38.4 Å². The van der Waals surface area contributed by atoms with Gasteiger partial charge in [0.1, 0.15) is 5.82 Å². The summed E-state index contributed by atoms with van der Waals surface area (Å²) in [6.07, 6.45) is 6.32. The van der Waals surface area contributed by atoms with Crippen molar-refractivity contribution in [2.45, 2.75) is 39.2 Å². The second kappa shape index (κ2) is 14.0. The summed E-state index contributed by atoms with van der Waals surface area (Å²) in [6, 6.07) is 19.7. The number of fused-ring (bicyclic) bond motifs is 1. The number of aryl methyl sites for hydroxylation is 1. The number of aliphatic imine (C=N–C) groups is 1. The minimum Gasteiger partial charge on any atom is -0.381 e. The molecule has 4 aromatic rings. The molecule has 2 aromatic carbocycles. The molecule has 2 fully saturated rings. The summed E-state index contributed by atoms with van der Waals surface area (Å²) >= 11 is 1.35. The Morgan fingerprint density at radius 1 is 1.04 bits per heavy atom. The number of ether oxygens (including phenoxy) is 1. The van der Waals surface area contributed by atoms with Gasteiger partial charge in [-0.15, -0.1) is 17.9 Å². The molecule has 11 heteroatoms. The molecule has 0 aliphatic carbocycles. The number of pyridine rings is 1. The molecule has 2 N–H and O–H groups in total. The van der Waals surface area contributed by atoms with E-state index >= 15 is 0 Å². The van der Waals surface area contributed by atoms with Gasteiger partial charge in [-0.1, -0.05) is 18.2 Å². The van der Waals surface area contributed by atoms with Gasteiger partial charge in [0.25, 0.3) is 17.7 Å². The molecule has 1 atom stereocenters. The third kappa shape index (κ3) is 6.58. The second-order valence-corrected chi connectivity index (χ2v) is 14.3. The summed E-state index contributed by atoms with van der Waals surface area (Å²) < 4.78 is 5.57. The summed E-state index contributed by atoms with van der Waals surface area (Å²) in [7, 11) is 0. The van der Waals surface area contributed by atoms with E-state index in [2.05, 4.69) is 27.1 Å². The molecule has 5 heterocycles. The van der Waals surface area contributed by atoms with Gasteiger partial charge in [-0.05, 0) is 93.3 Å².